The molecule has 1 unspecified atom stereocenters. The first-order chi connectivity index (χ1) is 41.4. The normalized spacial score (nSPS) is 12.0. The van der Waals surface area contributed by atoms with Crippen molar-refractivity contribution in [2.45, 2.75) is 31.5 Å². The summed E-state index contributed by atoms with van der Waals surface area (Å²) in [6, 6.07) is 70.4. The molecule has 0 spiro atoms. The van der Waals surface area contributed by atoms with E-state index in [-0.39, 0.29) is 46.4 Å². The van der Waals surface area contributed by atoms with E-state index in [0.717, 1.165) is 48.3 Å². The van der Waals surface area contributed by atoms with E-state index in [0.29, 0.717) is 0 Å². The Morgan fingerprint density at radius 2 is 1.07 bits per heavy atom. The van der Waals surface area contributed by atoms with Crippen molar-refractivity contribution in [2.75, 3.05) is 31.5 Å². The predicted octanol–water partition coefficient (Wildman–Crippen LogP) is 11.9. The SMILES string of the molecule is C(/C=C/C=C/Nc1ccccc1)=Nc1ccccc1.COc1cccc(CN2\C(=C/C=C/C=C/C=C/c3sc4ccccc4[n+]3Cc3cccc(OC)c3)Sc3ccccc32)c1.COc1cccc(C[n+]2c(C)sc3ccccc32)c1.Cl.N#CP.[Br-].[Br-]. The second-order valence-corrected chi connectivity index (χ2v) is 22.1. The Labute approximate surface area is 553 Å². The fourth-order valence-corrected chi connectivity index (χ4v) is 12.0. The molecule has 16 heteroatoms. The summed E-state index contributed by atoms with van der Waals surface area (Å²) in [7, 11) is 7.01. The van der Waals surface area contributed by atoms with Gasteiger partial charge in [0, 0.05) is 65.8 Å². The average Bonchev–Trinajstić information content (AvgIpc) is 2.53. The number of aryl methyl sites for hydroxylation is 1. The molecule has 1 atom stereocenters. The number of thiazole rings is 2. The molecule has 1 aliphatic heterocycles. The molecule has 0 radical (unpaired) electrons. The maximum absolute atomic E-state index is 7.28. The smallest absolute Gasteiger partial charge is 0.263 e. The summed E-state index contributed by atoms with van der Waals surface area (Å²) in [6.07, 6.45) is 24.3. The van der Waals surface area contributed by atoms with E-state index in [2.05, 4.69) is 183 Å². The number of nitriles is 1. The number of aliphatic imine (C=N–C) groups is 1. The van der Waals surface area contributed by atoms with Gasteiger partial charge in [0.15, 0.2) is 13.1 Å². The number of rotatable bonds is 18. The molecular formula is C71H68Br2ClN6O3PS3. The molecule has 0 saturated heterocycles. The van der Waals surface area contributed by atoms with Crippen LogP contribution in [0.2, 0.25) is 0 Å². The van der Waals surface area contributed by atoms with Crippen LogP contribution in [0.3, 0.4) is 0 Å². The molecule has 10 aromatic rings. The van der Waals surface area contributed by atoms with E-state index in [1.165, 1.54) is 62.8 Å². The van der Waals surface area contributed by atoms with Gasteiger partial charge in [0.1, 0.15) is 26.6 Å². The Hall–Kier alpha value is -7.83. The number of ether oxygens (including phenoxy) is 3. The first-order valence-corrected chi connectivity index (χ1v) is 30.2. The van der Waals surface area contributed by atoms with Gasteiger partial charge in [0.05, 0.1) is 43.5 Å². The van der Waals surface area contributed by atoms with Gasteiger partial charge < -0.3 is 58.4 Å². The van der Waals surface area contributed by atoms with Gasteiger partial charge >= 0.3 is 0 Å². The standard InChI is InChI=1S/C37H33N2O2S2.C17H16N2.C16H16NOS.CH2NP.2BrH.ClH/c1-40-30-16-12-14-28(24-30)26-38-32-18-8-10-20-34(32)42-36(38)22-6-4-3-5-7-23-37-39(33-19-9-11-21-35(33)43-37)27-29-15-13-17-31(25-29)41-2;1-4-10-16(11-5-1)18-14-8-3-9-15-19-17-12-6-2-7-13-17;1-12-17(15-8-3-4-9-16(15)19-12)11-13-6-5-7-14(10-13)18-2;2-1-3;;;/h3-25H,26-27H2,1-2H3;1-15,18H;3-10H,11H2,1-2H3;3H2;3*1H/q+1;;+1;;;;/p-2/b;9-3+,14-8+,19-15?;;;;;. The predicted molar refractivity (Wildman–Crippen MR) is 365 cm³/mol. The van der Waals surface area contributed by atoms with Crippen LogP contribution in [-0.2, 0) is 19.6 Å². The molecular weight excluding hydrogens is 1310 g/mol. The van der Waals surface area contributed by atoms with Crippen molar-refractivity contribution in [3.05, 3.63) is 299 Å². The maximum Gasteiger partial charge on any atom is 0.263 e. The van der Waals surface area contributed by atoms with Gasteiger partial charge in [-0.25, -0.2) is 0 Å². The first-order valence-electron chi connectivity index (χ1n) is 27.1. The van der Waals surface area contributed by atoms with Crippen LogP contribution in [-0.4, -0.2) is 27.5 Å². The lowest BCUT2D eigenvalue weighted by Gasteiger charge is -2.20. The Bertz CT molecular complexity index is 4000. The van der Waals surface area contributed by atoms with Crippen LogP contribution >= 0.6 is 56.1 Å². The number of nitrogens with zero attached hydrogens (tertiary/aromatic N) is 5. The Kier molecular flexibility index (Phi) is 30.8. The molecule has 1 N–H and O–H groups in total. The summed E-state index contributed by atoms with van der Waals surface area (Å²) >= 11 is 5.45. The summed E-state index contributed by atoms with van der Waals surface area (Å²) < 4.78 is 23.5. The number of para-hydroxylation sites is 5. The van der Waals surface area contributed by atoms with E-state index >= 15 is 0 Å². The topological polar surface area (TPSA) is 86.9 Å². The Morgan fingerprint density at radius 1 is 0.563 bits per heavy atom. The second kappa shape index (κ2) is 38.4. The summed E-state index contributed by atoms with van der Waals surface area (Å²) in [4.78, 5) is 7.93. The molecule has 9 nitrogen and oxygen atoms in total. The van der Waals surface area contributed by atoms with Gasteiger partial charge in [0.2, 0.25) is 16.0 Å². The van der Waals surface area contributed by atoms with Gasteiger partial charge in [-0.05, 0) is 118 Å². The number of fused-ring (bicyclic) bond motifs is 3. The zero-order chi connectivity index (χ0) is 58.6. The number of thioether (sulfide) groups is 1. The highest BCUT2D eigenvalue weighted by molar-refractivity contribution is 8.03. The van der Waals surface area contributed by atoms with Crippen molar-refractivity contribution >= 4 is 106 Å². The van der Waals surface area contributed by atoms with Crippen LogP contribution in [0.1, 0.15) is 26.7 Å². The molecule has 0 amide bonds. The number of hydrogen-bond acceptors (Lipinski definition) is 10. The maximum atomic E-state index is 7.28. The highest BCUT2D eigenvalue weighted by atomic mass is 79.9. The number of nitrogens with one attached hydrogen (secondary N) is 1. The van der Waals surface area contributed by atoms with E-state index in [1.54, 1.807) is 56.5 Å². The third kappa shape index (κ3) is 21.5. The minimum atomic E-state index is 0. The van der Waals surface area contributed by atoms with E-state index in [1.807, 2.05) is 142 Å². The third-order valence-corrected chi connectivity index (χ3v) is 16.2. The van der Waals surface area contributed by atoms with Crippen molar-refractivity contribution in [1.29, 1.82) is 5.26 Å². The highest BCUT2D eigenvalue weighted by Crippen LogP contribution is 2.46. The summed E-state index contributed by atoms with van der Waals surface area (Å²) in [5.74, 6) is 4.33. The van der Waals surface area contributed by atoms with Gasteiger partial charge in [-0.3, -0.25) is 4.99 Å². The molecule has 0 aliphatic carbocycles. The molecule has 2 aromatic heterocycles. The third-order valence-electron chi connectivity index (χ3n) is 12.8. The van der Waals surface area contributed by atoms with Crippen LogP contribution in [0, 0.1) is 18.0 Å². The number of aromatic nitrogens is 2. The van der Waals surface area contributed by atoms with Crippen molar-refractivity contribution < 1.29 is 57.3 Å². The molecule has 444 valence electrons. The van der Waals surface area contributed by atoms with E-state index < -0.39 is 0 Å². The molecule has 0 bridgehead atoms. The Balaban J connectivity index is 0.000000261. The monoisotopic (exact) mass is 1370 g/mol. The zero-order valence-electron chi connectivity index (χ0n) is 48.6. The van der Waals surface area contributed by atoms with Crippen LogP contribution in [0.5, 0.6) is 17.2 Å². The van der Waals surface area contributed by atoms with Crippen LogP contribution in [0.25, 0.3) is 26.5 Å². The van der Waals surface area contributed by atoms with Crippen molar-refractivity contribution in [3.8, 4) is 23.1 Å². The lowest BCUT2D eigenvalue weighted by molar-refractivity contribution is -0.664. The molecule has 3 heterocycles. The minimum Gasteiger partial charge on any atom is -1.00 e. The molecule has 11 rings (SSSR count). The van der Waals surface area contributed by atoms with Gasteiger partial charge in [-0.2, -0.15) is 14.4 Å². The number of allylic oxidation sites excluding steroid dienone is 9. The number of halogens is 3. The van der Waals surface area contributed by atoms with Crippen molar-refractivity contribution in [1.82, 2.24) is 0 Å². The fourth-order valence-electron chi connectivity index (χ4n) is 8.85. The quantitative estimate of drug-likeness (QED) is 0.0396. The number of methoxy groups -OCH3 is 3. The summed E-state index contributed by atoms with van der Waals surface area (Å²) in [5.41, 5.74) is 9.48. The number of benzene rings is 8. The van der Waals surface area contributed by atoms with Gasteiger partial charge in [0.25, 0.3) is 5.01 Å². The first kappa shape index (κ1) is 69.9. The van der Waals surface area contributed by atoms with Crippen molar-refractivity contribution in [2.24, 2.45) is 4.99 Å². The number of hydrogen-bond donors (Lipinski definition) is 1. The van der Waals surface area contributed by atoms with Crippen molar-refractivity contribution in [3.63, 3.8) is 0 Å². The summed E-state index contributed by atoms with van der Waals surface area (Å²) in [5, 5.41) is 14.2. The molecule has 1 aliphatic rings. The molecule has 87 heavy (non-hydrogen) atoms. The van der Waals surface area contributed by atoms with Crippen LogP contribution in [0.15, 0.2) is 282 Å². The lowest BCUT2D eigenvalue weighted by Crippen LogP contribution is -3.00. The minimum absolute atomic E-state index is 0. The van der Waals surface area contributed by atoms with E-state index in [4.69, 9.17) is 19.5 Å². The highest BCUT2D eigenvalue weighted by Gasteiger charge is 2.25. The lowest BCUT2D eigenvalue weighted by atomic mass is 10.2. The largest absolute Gasteiger partial charge is 1.00 e. The summed E-state index contributed by atoms with van der Waals surface area (Å²) in [6.45, 7) is 4.62. The van der Waals surface area contributed by atoms with E-state index in [9.17, 15) is 0 Å². The van der Waals surface area contributed by atoms with Gasteiger partial charge in [-0.1, -0.05) is 180 Å². The Morgan fingerprint density at radius 3 is 1.71 bits per heavy atom. The zero-order valence-corrected chi connectivity index (χ0v) is 56.2. The number of anilines is 2. The average molecular weight is 1380 g/mol. The second-order valence-electron chi connectivity index (χ2n) is 18.5. The van der Waals surface area contributed by atoms with Crippen LogP contribution < -0.4 is 67.5 Å². The molecule has 0 saturated carbocycles. The molecule has 0 fully saturated rings. The van der Waals surface area contributed by atoms with Crippen LogP contribution in [0.4, 0.5) is 17.1 Å². The fraction of sp³-hybridized carbons (Fsp3) is 0.0986. The van der Waals surface area contributed by atoms with Gasteiger partial charge in [-0.15, -0.1) is 12.4 Å². The molecule has 8 aromatic carbocycles.